The van der Waals surface area contributed by atoms with E-state index in [1.165, 1.54) is 0 Å². The smallest absolute Gasteiger partial charge is 0.230 e. The highest BCUT2D eigenvalue weighted by Gasteiger charge is 2.44. The molecule has 3 aliphatic heterocycles. The van der Waals surface area contributed by atoms with E-state index in [9.17, 15) is 9.90 Å². The van der Waals surface area contributed by atoms with Crippen molar-refractivity contribution in [2.45, 2.75) is 31.4 Å². The lowest BCUT2D eigenvalue weighted by Crippen LogP contribution is -2.60. The Balaban J connectivity index is 1.30. The minimum Gasteiger partial charge on any atom is -0.389 e. The lowest BCUT2D eigenvalue weighted by molar-refractivity contribution is -0.123. The number of hydrogen-bond acceptors (Lipinski definition) is 7. The predicted octanol–water partition coefficient (Wildman–Crippen LogP) is 2.53. The SMILES string of the molecule is C[C@]1(N2CCN(c3cc4cc(NC(=O)C5CCCOC5)ncc4cc3Cl)CC2)COC[C@H]1O. The molecule has 5 rings (SSSR count). The molecule has 33 heavy (non-hydrogen) atoms. The van der Waals surface area contributed by atoms with Crippen molar-refractivity contribution < 1.29 is 19.4 Å². The van der Waals surface area contributed by atoms with Gasteiger partial charge in [0.2, 0.25) is 5.91 Å². The van der Waals surface area contributed by atoms with Crippen LogP contribution in [0.1, 0.15) is 19.8 Å². The number of fused-ring (bicyclic) bond motifs is 1. The first-order chi connectivity index (χ1) is 15.9. The fraction of sp³-hybridized carbons (Fsp3) is 0.583. The van der Waals surface area contributed by atoms with Crippen molar-refractivity contribution >= 4 is 39.8 Å². The molecule has 2 aromatic rings. The fourth-order valence-corrected chi connectivity index (χ4v) is 5.35. The van der Waals surface area contributed by atoms with Crippen LogP contribution in [-0.4, -0.2) is 85.1 Å². The zero-order valence-corrected chi connectivity index (χ0v) is 19.7. The van der Waals surface area contributed by atoms with E-state index in [1.807, 2.05) is 12.1 Å². The fourth-order valence-electron chi connectivity index (χ4n) is 5.05. The summed E-state index contributed by atoms with van der Waals surface area (Å²) in [5.41, 5.74) is 0.642. The Morgan fingerprint density at radius 2 is 2.00 bits per heavy atom. The molecule has 4 heterocycles. The van der Waals surface area contributed by atoms with Gasteiger partial charge in [-0.3, -0.25) is 9.69 Å². The summed E-state index contributed by atoms with van der Waals surface area (Å²) in [6.45, 7) is 7.49. The van der Waals surface area contributed by atoms with Crippen LogP contribution in [0.15, 0.2) is 24.4 Å². The van der Waals surface area contributed by atoms with Gasteiger partial charge < -0.3 is 24.8 Å². The van der Waals surface area contributed by atoms with Crippen LogP contribution >= 0.6 is 11.6 Å². The Labute approximate surface area is 198 Å². The molecule has 1 unspecified atom stereocenters. The quantitative estimate of drug-likeness (QED) is 0.704. The highest BCUT2D eigenvalue weighted by Crippen LogP contribution is 2.34. The number of hydrogen-bond donors (Lipinski definition) is 2. The third-order valence-electron chi connectivity index (χ3n) is 7.30. The van der Waals surface area contributed by atoms with Gasteiger partial charge in [-0.25, -0.2) is 4.98 Å². The van der Waals surface area contributed by atoms with Crippen molar-refractivity contribution in [1.29, 1.82) is 0 Å². The lowest BCUT2D eigenvalue weighted by atomic mass is 9.95. The number of carbonyl (C=O) groups is 1. The van der Waals surface area contributed by atoms with Crippen LogP contribution in [0.2, 0.25) is 5.02 Å². The van der Waals surface area contributed by atoms with Crippen molar-refractivity contribution in [2.75, 3.05) is 62.8 Å². The van der Waals surface area contributed by atoms with E-state index in [-0.39, 0.29) is 17.4 Å². The summed E-state index contributed by atoms with van der Waals surface area (Å²) in [7, 11) is 0. The minimum atomic E-state index is -0.463. The third kappa shape index (κ3) is 4.55. The van der Waals surface area contributed by atoms with Crippen LogP contribution < -0.4 is 10.2 Å². The average molecular weight is 475 g/mol. The largest absolute Gasteiger partial charge is 0.389 e. The number of piperazine rings is 1. The topological polar surface area (TPSA) is 87.2 Å². The highest BCUT2D eigenvalue weighted by atomic mass is 35.5. The molecule has 3 atom stereocenters. The maximum absolute atomic E-state index is 12.6. The maximum Gasteiger partial charge on any atom is 0.230 e. The second-order valence-corrected chi connectivity index (χ2v) is 9.89. The molecule has 0 aliphatic carbocycles. The number of halogens is 1. The molecule has 1 aromatic heterocycles. The molecule has 9 heteroatoms. The molecule has 0 bridgehead atoms. The summed E-state index contributed by atoms with van der Waals surface area (Å²) in [5, 5.41) is 15.9. The summed E-state index contributed by atoms with van der Waals surface area (Å²) in [6.07, 6.45) is 3.03. The molecule has 2 N–H and O–H groups in total. The van der Waals surface area contributed by atoms with Gasteiger partial charge in [-0.2, -0.15) is 0 Å². The molecule has 3 fully saturated rings. The van der Waals surface area contributed by atoms with Gasteiger partial charge >= 0.3 is 0 Å². The molecule has 3 saturated heterocycles. The van der Waals surface area contributed by atoms with Gasteiger partial charge in [-0.1, -0.05) is 11.6 Å². The summed E-state index contributed by atoms with van der Waals surface area (Å²) < 4.78 is 10.9. The molecule has 8 nitrogen and oxygen atoms in total. The zero-order chi connectivity index (χ0) is 23.0. The minimum absolute atomic E-state index is 0.0431. The van der Waals surface area contributed by atoms with E-state index in [0.29, 0.717) is 30.7 Å². The van der Waals surface area contributed by atoms with Crippen molar-refractivity contribution in [2.24, 2.45) is 5.92 Å². The van der Waals surface area contributed by atoms with Crippen molar-refractivity contribution in [3.63, 3.8) is 0 Å². The Hall–Kier alpha value is -1.97. The van der Waals surface area contributed by atoms with Gasteiger partial charge in [0.1, 0.15) is 5.82 Å². The van der Waals surface area contributed by atoms with E-state index in [0.717, 1.165) is 62.1 Å². The van der Waals surface area contributed by atoms with E-state index >= 15 is 0 Å². The van der Waals surface area contributed by atoms with Crippen LogP contribution in [-0.2, 0) is 14.3 Å². The van der Waals surface area contributed by atoms with E-state index in [4.69, 9.17) is 21.1 Å². The number of aliphatic hydroxyl groups excluding tert-OH is 1. The Bertz CT molecular complexity index is 1020. The van der Waals surface area contributed by atoms with E-state index < -0.39 is 6.10 Å². The number of ether oxygens (including phenoxy) is 2. The number of carbonyl (C=O) groups excluding carboxylic acids is 1. The summed E-state index contributed by atoms with van der Waals surface area (Å²) in [4.78, 5) is 21.6. The molecule has 178 valence electrons. The molecule has 3 aliphatic rings. The van der Waals surface area contributed by atoms with Crippen LogP contribution in [0.3, 0.4) is 0 Å². The van der Waals surface area contributed by atoms with Gasteiger partial charge in [0.05, 0.1) is 48.1 Å². The second-order valence-electron chi connectivity index (χ2n) is 9.49. The molecular weight excluding hydrogens is 444 g/mol. The van der Waals surface area contributed by atoms with Gasteiger partial charge in [0, 0.05) is 44.4 Å². The summed E-state index contributed by atoms with van der Waals surface area (Å²) in [5.74, 6) is 0.372. The van der Waals surface area contributed by atoms with Crippen LogP contribution in [0.25, 0.3) is 10.8 Å². The molecular formula is C24H31ClN4O4. The number of benzene rings is 1. The van der Waals surface area contributed by atoms with Crippen molar-refractivity contribution in [3.05, 3.63) is 29.4 Å². The Kier molecular flexibility index (Phi) is 6.46. The van der Waals surface area contributed by atoms with Gasteiger partial charge in [0.15, 0.2) is 0 Å². The Morgan fingerprint density at radius 3 is 2.70 bits per heavy atom. The van der Waals surface area contributed by atoms with E-state index in [1.54, 1.807) is 6.20 Å². The number of aromatic nitrogens is 1. The number of amides is 1. The molecule has 0 saturated carbocycles. The lowest BCUT2D eigenvalue weighted by Gasteiger charge is -2.45. The number of anilines is 2. The number of rotatable bonds is 4. The zero-order valence-electron chi connectivity index (χ0n) is 18.9. The molecule has 0 spiro atoms. The number of aliphatic hydroxyl groups is 1. The molecule has 1 aromatic carbocycles. The predicted molar refractivity (Wildman–Crippen MR) is 128 cm³/mol. The number of nitrogens with one attached hydrogen (secondary N) is 1. The first kappa shape index (κ1) is 22.8. The summed E-state index contributed by atoms with van der Waals surface area (Å²) >= 11 is 6.65. The Morgan fingerprint density at radius 1 is 1.18 bits per heavy atom. The molecule has 1 amide bonds. The monoisotopic (exact) mass is 474 g/mol. The van der Waals surface area contributed by atoms with Gasteiger partial charge in [-0.05, 0) is 43.4 Å². The average Bonchev–Trinajstić information content (AvgIpc) is 3.18. The normalized spacial score (nSPS) is 28.9. The van der Waals surface area contributed by atoms with Crippen LogP contribution in [0.4, 0.5) is 11.5 Å². The van der Waals surface area contributed by atoms with Crippen LogP contribution in [0, 0.1) is 5.92 Å². The number of nitrogens with zero attached hydrogens (tertiary/aromatic N) is 3. The third-order valence-corrected chi connectivity index (χ3v) is 7.60. The first-order valence-electron chi connectivity index (χ1n) is 11.7. The number of pyridine rings is 1. The standard InChI is InChI=1S/C24H31ClN4O4/c1-24(15-33-14-21(24)30)29-6-4-28(5-7-29)20-10-17-11-22(26-12-18(17)9-19(20)25)27-23(31)16-3-2-8-32-13-16/h9-12,16,21,30H,2-8,13-15H2,1H3,(H,26,27,31)/t16?,21-,24+/m1/s1. The van der Waals surface area contributed by atoms with Gasteiger partial charge in [0.25, 0.3) is 0 Å². The first-order valence-corrected chi connectivity index (χ1v) is 12.1. The van der Waals surface area contributed by atoms with Crippen molar-refractivity contribution in [3.8, 4) is 0 Å². The molecule has 0 radical (unpaired) electrons. The van der Waals surface area contributed by atoms with Crippen molar-refractivity contribution in [1.82, 2.24) is 9.88 Å². The maximum atomic E-state index is 12.6. The summed E-state index contributed by atoms with van der Waals surface area (Å²) in [6, 6.07) is 5.91. The van der Waals surface area contributed by atoms with Gasteiger partial charge in [-0.15, -0.1) is 0 Å². The second kappa shape index (κ2) is 9.35. The van der Waals surface area contributed by atoms with Crippen LogP contribution in [0.5, 0.6) is 0 Å². The highest BCUT2D eigenvalue weighted by molar-refractivity contribution is 6.34. The van der Waals surface area contributed by atoms with E-state index in [2.05, 4.69) is 33.1 Å².